The molecule has 4 nitrogen and oxygen atoms in total. The number of hydrogen-bond acceptors (Lipinski definition) is 4. The van der Waals surface area contributed by atoms with Gasteiger partial charge in [0.2, 0.25) is 0 Å². The molecule has 12 heavy (non-hydrogen) atoms. The zero-order chi connectivity index (χ0) is 8.97. The number of phenols is 1. The summed E-state index contributed by atoms with van der Waals surface area (Å²) in [5.41, 5.74) is 0.475. The molecule has 0 aliphatic carbocycles. The van der Waals surface area contributed by atoms with Crippen LogP contribution >= 0.6 is 0 Å². The highest BCUT2D eigenvalue weighted by atomic mass is 16.9. The maximum atomic E-state index is 9.34. The van der Waals surface area contributed by atoms with Crippen LogP contribution in [0, 0.1) is 0 Å². The maximum Gasteiger partial charge on any atom is 0.143 e. The standard InChI is InChI=1S/C8H11NO3/c1-11-9(12-2)7-5-3-4-6-8(7)10/h3-6,10H,1-2H3. The molecular weight excluding hydrogens is 158 g/mol. The molecular formula is C8H11NO3. The molecule has 66 valence electrons. The molecule has 0 fully saturated rings. The quantitative estimate of drug-likeness (QED) is 0.693. The van der Waals surface area contributed by atoms with E-state index < -0.39 is 0 Å². The normalized spacial score (nSPS) is 9.83. The summed E-state index contributed by atoms with van der Waals surface area (Å²) in [5, 5.41) is 10.5. The maximum absolute atomic E-state index is 9.34. The third-order valence-corrected chi connectivity index (χ3v) is 1.41. The minimum Gasteiger partial charge on any atom is -0.506 e. The van der Waals surface area contributed by atoms with Gasteiger partial charge in [0.25, 0.3) is 0 Å². The van der Waals surface area contributed by atoms with Crippen molar-refractivity contribution in [3.05, 3.63) is 24.3 Å². The van der Waals surface area contributed by atoms with Gasteiger partial charge >= 0.3 is 0 Å². The van der Waals surface area contributed by atoms with Crippen molar-refractivity contribution >= 4 is 5.69 Å². The smallest absolute Gasteiger partial charge is 0.143 e. The lowest BCUT2D eigenvalue weighted by molar-refractivity contribution is -0.0440. The number of anilines is 1. The van der Waals surface area contributed by atoms with Gasteiger partial charge in [-0.05, 0) is 12.1 Å². The zero-order valence-corrected chi connectivity index (χ0v) is 7.02. The Kier molecular flexibility index (Phi) is 2.90. The van der Waals surface area contributed by atoms with Gasteiger partial charge in [-0.3, -0.25) is 9.68 Å². The molecule has 0 aromatic heterocycles. The Bertz CT molecular complexity index is 248. The number of hydrogen-bond donors (Lipinski definition) is 1. The van der Waals surface area contributed by atoms with Gasteiger partial charge in [-0.1, -0.05) is 12.1 Å². The van der Waals surface area contributed by atoms with E-state index in [0.717, 1.165) is 5.23 Å². The van der Waals surface area contributed by atoms with Crippen LogP contribution in [0.1, 0.15) is 0 Å². The molecule has 0 bridgehead atoms. The van der Waals surface area contributed by atoms with Gasteiger partial charge < -0.3 is 5.11 Å². The molecule has 0 heterocycles. The van der Waals surface area contributed by atoms with Gasteiger partial charge in [0.05, 0.1) is 14.2 Å². The largest absolute Gasteiger partial charge is 0.506 e. The third-order valence-electron chi connectivity index (χ3n) is 1.41. The van der Waals surface area contributed by atoms with Crippen LogP contribution in [0.4, 0.5) is 5.69 Å². The molecule has 0 unspecified atom stereocenters. The predicted molar refractivity (Wildman–Crippen MR) is 44.6 cm³/mol. The summed E-state index contributed by atoms with van der Waals surface area (Å²) in [4.78, 5) is 9.63. The van der Waals surface area contributed by atoms with Crippen LogP contribution in [0.2, 0.25) is 0 Å². The summed E-state index contributed by atoms with van der Waals surface area (Å²) in [6.07, 6.45) is 0. The van der Waals surface area contributed by atoms with Gasteiger partial charge in [-0.25, -0.2) is 0 Å². The third kappa shape index (κ3) is 1.66. The monoisotopic (exact) mass is 169 g/mol. The highest BCUT2D eigenvalue weighted by Crippen LogP contribution is 2.25. The van der Waals surface area contributed by atoms with Crippen LogP contribution in [0.15, 0.2) is 24.3 Å². The molecule has 0 saturated carbocycles. The second-order valence-corrected chi connectivity index (χ2v) is 2.11. The van der Waals surface area contributed by atoms with Gasteiger partial charge in [-0.15, -0.1) is 5.23 Å². The fourth-order valence-corrected chi connectivity index (χ4v) is 0.890. The fourth-order valence-electron chi connectivity index (χ4n) is 0.890. The second-order valence-electron chi connectivity index (χ2n) is 2.11. The first-order chi connectivity index (χ1) is 5.79. The van der Waals surface area contributed by atoms with Crippen LogP contribution in [0.5, 0.6) is 5.75 Å². The minimum absolute atomic E-state index is 0.112. The number of benzene rings is 1. The van der Waals surface area contributed by atoms with Gasteiger partial charge in [0.1, 0.15) is 11.4 Å². The summed E-state index contributed by atoms with van der Waals surface area (Å²) in [5.74, 6) is 0.112. The van der Waals surface area contributed by atoms with Crippen LogP contribution in [0.25, 0.3) is 0 Å². The molecule has 0 radical (unpaired) electrons. The van der Waals surface area contributed by atoms with Crippen molar-refractivity contribution < 1.29 is 14.8 Å². The SMILES string of the molecule is CON(OC)c1ccccc1O. The lowest BCUT2D eigenvalue weighted by Crippen LogP contribution is -2.19. The van der Waals surface area contributed by atoms with E-state index in [0.29, 0.717) is 5.69 Å². The van der Waals surface area contributed by atoms with Crippen molar-refractivity contribution in [2.24, 2.45) is 0 Å². The van der Waals surface area contributed by atoms with Crippen molar-refractivity contribution in [1.82, 2.24) is 0 Å². The molecule has 4 heteroatoms. The van der Waals surface area contributed by atoms with Gasteiger partial charge in [0.15, 0.2) is 0 Å². The highest BCUT2D eigenvalue weighted by Gasteiger charge is 2.07. The van der Waals surface area contributed by atoms with E-state index in [4.69, 9.17) is 9.68 Å². The average molecular weight is 169 g/mol. The molecule has 0 amide bonds. The van der Waals surface area contributed by atoms with E-state index in [1.807, 2.05) is 0 Å². The number of para-hydroxylation sites is 2. The Hall–Kier alpha value is -1.26. The Morgan fingerprint density at radius 2 is 1.75 bits per heavy atom. The van der Waals surface area contributed by atoms with E-state index in [2.05, 4.69) is 0 Å². The molecule has 0 aliphatic heterocycles. The molecule has 1 aromatic carbocycles. The van der Waals surface area contributed by atoms with Crippen LogP contribution in [0.3, 0.4) is 0 Å². The molecule has 1 N–H and O–H groups in total. The Morgan fingerprint density at radius 3 is 2.25 bits per heavy atom. The minimum atomic E-state index is 0.112. The first-order valence-electron chi connectivity index (χ1n) is 3.46. The van der Waals surface area contributed by atoms with E-state index in [1.165, 1.54) is 14.2 Å². The number of aromatic hydroxyl groups is 1. The second kappa shape index (κ2) is 3.94. The van der Waals surface area contributed by atoms with Crippen molar-refractivity contribution in [1.29, 1.82) is 0 Å². The molecule has 1 aromatic rings. The van der Waals surface area contributed by atoms with Crippen molar-refractivity contribution in [3.63, 3.8) is 0 Å². The highest BCUT2D eigenvalue weighted by molar-refractivity contribution is 5.54. The van der Waals surface area contributed by atoms with E-state index in [9.17, 15) is 5.11 Å². The number of phenolic OH excluding ortho intramolecular Hbond substituents is 1. The summed E-state index contributed by atoms with van der Waals surface area (Å²) in [6, 6.07) is 6.74. The lowest BCUT2D eigenvalue weighted by atomic mass is 10.3. The van der Waals surface area contributed by atoms with Gasteiger partial charge in [-0.2, -0.15) is 0 Å². The molecule has 0 aliphatic rings. The summed E-state index contributed by atoms with van der Waals surface area (Å²) >= 11 is 0. The summed E-state index contributed by atoms with van der Waals surface area (Å²) in [7, 11) is 2.91. The molecule has 0 atom stereocenters. The van der Waals surface area contributed by atoms with Gasteiger partial charge in [0, 0.05) is 0 Å². The number of rotatable bonds is 3. The Balaban J connectivity index is 2.92. The van der Waals surface area contributed by atoms with E-state index in [-0.39, 0.29) is 5.75 Å². The summed E-state index contributed by atoms with van der Waals surface area (Å²) in [6.45, 7) is 0. The Labute approximate surface area is 70.9 Å². The topological polar surface area (TPSA) is 41.9 Å². The van der Waals surface area contributed by atoms with Crippen LogP contribution < -0.4 is 5.23 Å². The predicted octanol–water partition coefficient (Wildman–Crippen LogP) is 1.32. The first-order valence-corrected chi connectivity index (χ1v) is 3.46. The Morgan fingerprint density at radius 1 is 1.17 bits per heavy atom. The van der Waals surface area contributed by atoms with E-state index >= 15 is 0 Å². The zero-order valence-electron chi connectivity index (χ0n) is 7.02. The van der Waals surface area contributed by atoms with E-state index in [1.54, 1.807) is 24.3 Å². The molecule has 1 rings (SSSR count). The molecule has 0 saturated heterocycles. The van der Waals surface area contributed by atoms with Crippen molar-refractivity contribution in [3.8, 4) is 5.75 Å². The van der Waals surface area contributed by atoms with Crippen LogP contribution in [-0.4, -0.2) is 19.3 Å². The van der Waals surface area contributed by atoms with Crippen molar-refractivity contribution in [2.75, 3.05) is 19.4 Å². The van der Waals surface area contributed by atoms with Crippen LogP contribution in [-0.2, 0) is 9.68 Å². The lowest BCUT2D eigenvalue weighted by Gasteiger charge is -2.18. The first kappa shape index (κ1) is 8.83. The number of nitrogens with zero attached hydrogens (tertiary/aromatic N) is 1. The molecule has 0 spiro atoms. The summed E-state index contributed by atoms with van der Waals surface area (Å²) < 4.78 is 0. The average Bonchev–Trinajstić information content (AvgIpc) is 2.10. The van der Waals surface area contributed by atoms with Crippen molar-refractivity contribution in [2.45, 2.75) is 0 Å². The fraction of sp³-hybridized carbons (Fsp3) is 0.250.